The molecule has 140 valence electrons. The van der Waals surface area contributed by atoms with Crippen molar-refractivity contribution in [2.24, 2.45) is 0 Å². The van der Waals surface area contributed by atoms with Crippen LogP contribution in [-0.2, 0) is 13.1 Å². The lowest BCUT2D eigenvalue weighted by molar-refractivity contribution is 0.269. The van der Waals surface area contributed by atoms with Gasteiger partial charge in [-0.05, 0) is 12.1 Å². The number of anilines is 3. The normalized spacial score (nSPS) is 10.6. The van der Waals surface area contributed by atoms with Crippen molar-refractivity contribution in [2.45, 2.75) is 13.1 Å². The molecular weight excluding hydrogens is 354 g/mol. The molecule has 3 rings (SSSR count). The van der Waals surface area contributed by atoms with E-state index in [1.54, 1.807) is 23.0 Å². The van der Waals surface area contributed by atoms with E-state index in [4.69, 9.17) is 10.5 Å². The Kier molecular flexibility index (Phi) is 5.72. The first-order chi connectivity index (χ1) is 13.1. The highest BCUT2D eigenvalue weighted by atomic mass is 19.1. The molecule has 0 aliphatic carbocycles. The van der Waals surface area contributed by atoms with Gasteiger partial charge in [0.2, 0.25) is 0 Å². The molecule has 0 saturated heterocycles. The summed E-state index contributed by atoms with van der Waals surface area (Å²) < 4.78 is 29.2. The lowest BCUT2D eigenvalue weighted by Crippen LogP contribution is -2.07. The Morgan fingerprint density at radius 2 is 1.96 bits per heavy atom. The third kappa shape index (κ3) is 4.45. The number of aliphatic hydroxyl groups excluding tert-OH is 1. The molecule has 2 heterocycles. The standard InChI is InChI=1S/C18H18F2N6O/c19-14-2-1-3-15(20)13(14)11-22-16-8-18(23-10-12(16)9-21)24-17-4-5-26(25-17)6-7-27/h1-5,8-10,21,27H,6-7,11H2,(H2,22,23,24,25). The molecule has 0 saturated carbocycles. The van der Waals surface area contributed by atoms with Crippen LogP contribution in [0, 0.1) is 17.0 Å². The Morgan fingerprint density at radius 1 is 1.19 bits per heavy atom. The Hall–Kier alpha value is -3.33. The quantitative estimate of drug-likeness (QED) is 0.456. The number of nitrogens with zero attached hydrogens (tertiary/aromatic N) is 3. The second-order valence-corrected chi connectivity index (χ2v) is 5.67. The van der Waals surface area contributed by atoms with E-state index in [1.807, 2.05) is 0 Å². The van der Waals surface area contributed by atoms with E-state index in [0.29, 0.717) is 29.4 Å². The summed E-state index contributed by atoms with van der Waals surface area (Å²) in [5, 5.41) is 26.6. The SMILES string of the molecule is N=Cc1cnc(Nc2ccn(CCO)n2)cc1NCc1c(F)cccc1F. The first-order valence-corrected chi connectivity index (χ1v) is 8.19. The fourth-order valence-electron chi connectivity index (χ4n) is 2.47. The predicted octanol–water partition coefficient (Wildman–Crippen LogP) is 2.90. The summed E-state index contributed by atoms with van der Waals surface area (Å²) in [5.74, 6) is -0.294. The van der Waals surface area contributed by atoms with Crippen LogP contribution in [0.2, 0.25) is 0 Å². The van der Waals surface area contributed by atoms with E-state index in [-0.39, 0.29) is 18.7 Å². The molecule has 1 aromatic carbocycles. The van der Waals surface area contributed by atoms with Gasteiger partial charge in [0.05, 0.1) is 13.2 Å². The van der Waals surface area contributed by atoms with Gasteiger partial charge in [-0.25, -0.2) is 13.8 Å². The summed E-state index contributed by atoms with van der Waals surface area (Å²) in [6.07, 6.45) is 4.29. The van der Waals surface area contributed by atoms with Gasteiger partial charge in [0.25, 0.3) is 0 Å². The minimum absolute atomic E-state index is 0.0198. The Bertz CT molecular complexity index is 923. The average molecular weight is 372 g/mol. The Balaban J connectivity index is 1.77. The largest absolute Gasteiger partial charge is 0.394 e. The molecule has 4 N–H and O–H groups in total. The van der Waals surface area contributed by atoms with Gasteiger partial charge in [-0.1, -0.05) is 6.07 Å². The van der Waals surface area contributed by atoms with Crippen molar-refractivity contribution >= 4 is 23.5 Å². The minimum atomic E-state index is -0.638. The van der Waals surface area contributed by atoms with Gasteiger partial charge in [-0.2, -0.15) is 5.10 Å². The molecule has 7 nitrogen and oxygen atoms in total. The van der Waals surface area contributed by atoms with Crippen LogP contribution in [0.15, 0.2) is 42.7 Å². The number of nitrogens with one attached hydrogen (secondary N) is 3. The maximum atomic E-state index is 13.8. The molecule has 0 unspecified atom stereocenters. The summed E-state index contributed by atoms with van der Waals surface area (Å²) in [5.41, 5.74) is 0.894. The summed E-state index contributed by atoms with van der Waals surface area (Å²) in [6, 6.07) is 7.05. The molecular formula is C18H18F2N6O. The monoisotopic (exact) mass is 372 g/mol. The Morgan fingerprint density at radius 3 is 2.67 bits per heavy atom. The van der Waals surface area contributed by atoms with Crippen molar-refractivity contribution < 1.29 is 13.9 Å². The molecule has 2 aromatic heterocycles. The minimum Gasteiger partial charge on any atom is -0.394 e. The number of hydrogen-bond donors (Lipinski definition) is 4. The summed E-state index contributed by atoms with van der Waals surface area (Å²) in [4.78, 5) is 4.20. The Labute approximate surface area is 154 Å². The number of rotatable bonds is 8. The molecule has 0 fully saturated rings. The predicted molar refractivity (Wildman–Crippen MR) is 98.4 cm³/mol. The maximum absolute atomic E-state index is 13.8. The number of aromatic nitrogens is 3. The van der Waals surface area contributed by atoms with Gasteiger partial charge in [0.15, 0.2) is 5.82 Å². The lowest BCUT2D eigenvalue weighted by Gasteiger charge is -2.12. The first kappa shape index (κ1) is 18.5. The number of hydrogen-bond acceptors (Lipinski definition) is 6. The molecule has 0 spiro atoms. The van der Waals surface area contributed by atoms with Crippen LogP contribution >= 0.6 is 0 Å². The summed E-state index contributed by atoms with van der Waals surface area (Å²) in [6.45, 7) is 0.283. The van der Waals surface area contributed by atoms with E-state index < -0.39 is 11.6 Å². The average Bonchev–Trinajstić information content (AvgIpc) is 3.09. The lowest BCUT2D eigenvalue weighted by atomic mass is 10.1. The highest BCUT2D eigenvalue weighted by Crippen LogP contribution is 2.22. The van der Waals surface area contributed by atoms with Gasteiger partial charge in [-0.15, -0.1) is 0 Å². The highest BCUT2D eigenvalue weighted by Gasteiger charge is 2.10. The van der Waals surface area contributed by atoms with E-state index >= 15 is 0 Å². The van der Waals surface area contributed by atoms with Crippen molar-refractivity contribution in [2.75, 3.05) is 17.2 Å². The fraction of sp³-hybridized carbons (Fsp3) is 0.167. The molecule has 27 heavy (non-hydrogen) atoms. The molecule has 0 atom stereocenters. The summed E-state index contributed by atoms with van der Waals surface area (Å²) in [7, 11) is 0. The molecule has 0 aliphatic heterocycles. The number of halogens is 2. The molecule has 0 radical (unpaired) electrons. The van der Waals surface area contributed by atoms with E-state index in [1.165, 1.54) is 24.4 Å². The van der Waals surface area contributed by atoms with Crippen LogP contribution in [0.1, 0.15) is 11.1 Å². The number of benzene rings is 1. The van der Waals surface area contributed by atoms with E-state index in [2.05, 4.69) is 20.7 Å². The van der Waals surface area contributed by atoms with Gasteiger partial charge in [0.1, 0.15) is 17.5 Å². The zero-order valence-electron chi connectivity index (χ0n) is 14.3. The zero-order chi connectivity index (χ0) is 19.2. The number of aliphatic hydroxyl groups is 1. The van der Waals surface area contributed by atoms with Crippen LogP contribution in [0.25, 0.3) is 0 Å². The van der Waals surface area contributed by atoms with Crippen LogP contribution in [0.3, 0.4) is 0 Å². The molecule has 9 heteroatoms. The van der Waals surface area contributed by atoms with E-state index in [9.17, 15) is 8.78 Å². The van der Waals surface area contributed by atoms with Crippen molar-refractivity contribution in [1.29, 1.82) is 5.41 Å². The van der Waals surface area contributed by atoms with Gasteiger partial charge >= 0.3 is 0 Å². The van der Waals surface area contributed by atoms with Gasteiger partial charge in [-0.3, -0.25) is 4.68 Å². The number of pyridine rings is 1. The molecule has 3 aromatic rings. The van der Waals surface area contributed by atoms with Crippen LogP contribution < -0.4 is 10.6 Å². The van der Waals surface area contributed by atoms with Crippen LogP contribution in [-0.4, -0.2) is 32.7 Å². The molecule has 0 bridgehead atoms. The van der Waals surface area contributed by atoms with Crippen molar-refractivity contribution in [3.8, 4) is 0 Å². The zero-order valence-corrected chi connectivity index (χ0v) is 14.3. The third-order valence-corrected chi connectivity index (χ3v) is 3.83. The van der Waals surface area contributed by atoms with E-state index in [0.717, 1.165) is 6.21 Å². The topological polar surface area (TPSA) is 98.9 Å². The third-order valence-electron chi connectivity index (χ3n) is 3.83. The van der Waals surface area contributed by atoms with Crippen molar-refractivity contribution in [1.82, 2.24) is 14.8 Å². The van der Waals surface area contributed by atoms with Crippen LogP contribution in [0.5, 0.6) is 0 Å². The molecule has 0 aliphatic rings. The maximum Gasteiger partial charge on any atom is 0.153 e. The molecule has 0 amide bonds. The van der Waals surface area contributed by atoms with Crippen molar-refractivity contribution in [3.05, 3.63) is 65.5 Å². The second-order valence-electron chi connectivity index (χ2n) is 5.67. The fourth-order valence-corrected chi connectivity index (χ4v) is 2.47. The first-order valence-electron chi connectivity index (χ1n) is 8.19. The highest BCUT2D eigenvalue weighted by molar-refractivity contribution is 5.86. The van der Waals surface area contributed by atoms with Gasteiger partial charge in [0, 0.05) is 54.1 Å². The van der Waals surface area contributed by atoms with Crippen LogP contribution in [0.4, 0.5) is 26.1 Å². The van der Waals surface area contributed by atoms with Gasteiger partial charge < -0.3 is 21.1 Å². The second kappa shape index (κ2) is 8.37. The van der Waals surface area contributed by atoms with Crippen molar-refractivity contribution in [3.63, 3.8) is 0 Å². The smallest absolute Gasteiger partial charge is 0.153 e. The summed E-state index contributed by atoms with van der Waals surface area (Å²) >= 11 is 0.